The van der Waals surface area contributed by atoms with Crippen LogP contribution in [-0.2, 0) is 6.42 Å². The molecule has 174 valence electrons. The molecule has 0 radical (unpaired) electrons. The average Bonchev–Trinajstić information content (AvgIpc) is 3.62. The number of benzene rings is 3. The molecule has 2 aliphatic rings. The summed E-state index contributed by atoms with van der Waals surface area (Å²) in [6.45, 7) is 0.631. The Morgan fingerprint density at radius 1 is 1.03 bits per heavy atom. The normalized spacial score (nSPS) is 13.6. The summed E-state index contributed by atoms with van der Waals surface area (Å²) in [5, 5.41) is 5.16. The van der Waals surface area contributed by atoms with Crippen LogP contribution in [-0.4, -0.2) is 30.1 Å². The van der Waals surface area contributed by atoms with Gasteiger partial charge in [0.2, 0.25) is 6.79 Å². The van der Waals surface area contributed by atoms with Crippen molar-refractivity contribution in [2.45, 2.75) is 6.42 Å². The van der Waals surface area contributed by atoms with Crippen molar-refractivity contribution in [1.29, 1.82) is 0 Å². The maximum absolute atomic E-state index is 14.1. The van der Waals surface area contributed by atoms with Gasteiger partial charge in [-0.1, -0.05) is 18.2 Å². The number of anilines is 2. The lowest BCUT2D eigenvalue weighted by Crippen LogP contribution is -2.29. The number of hydrogen-bond acceptors (Lipinski definition) is 6. The molecule has 0 unspecified atom stereocenters. The molecular weight excluding hydrogens is 469 g/mol. The van der Waals surface area contributed by atoms with Crippen molar-refractivity contribution in [3.63, 3.8) is 0 Å². The predicted molar refractivity (Wildman–Crippen MR) is 130 cm³/mol. The number of halogens is 1. The fraction of sp³-hybridized carbons (Fsp3) is 0.115. The van der Waals surface area contributed by atoms with Crippen molar-refractivity contribution in [3.8, 4) is 22.8 Å². The standard InChI is InChI=1S/C26H18FN3O4S/c27-19-4-2-1-3-18(19)25(32)30-10-9-16-11-15(5-7-21(16)30)20-13-35-26(28-20)29-24(31)17-6-8-22-23(12-17)34-14-33-22/h1-8,11-13H,9-10,14H2,(H,28,29,31). The Kier molecular flexibility index (Phi) is 5.18. The molecule has 4 aromatic rings. The van der Waals surface area contributed by atoms with E-state index in [0.29, 0.717) is 35.2 Å². The molecule has 0 saturated carbocycles. The Morgan fingerprint density at radius 3 is 2.77 bits per heavy atom. The quantitative estimate of drug-likeness (QED) is 0.432. The summed E-state index contributed by atoms with van der Waals surface area (Å²) in [6, 6.07) is 16.8. The minimum absolute atomic E-state index is 0.0618. The SMILES string of the molecule is O=C(Nc1nc(-c2ccc3c(c2)CCN3C(=O)c2ccccc2F)cs1)c1ccc2c(c1)OCO2. The Balaban J connectivity index is 1.19. The van der Waals surface area contributed by atoms with E-state index >= 15 is 0 Å². The molecule has 0 aliphatic carbocycles. The summed E-state index contributed by atoms with van der Waals surface area (Å²) >= 11 is 1.33. The van der Waals surface area contributed by atoms with Crippen LogP contribution in [0.5, 0.6) is 11.5 Å². The molecule has 35 heavy (non-hydrogen) atoms. The van der Waals surface area contributed by atoms with Crippen LogP contribution in [0.1, 0.15) is 26.3 Å². The first kappa shape index (κ1) is 21.3. The van der Waals surface area contributed by atoms with E-state index in [1.54, 1.807) is 35.2 Å². The molecule has 7 nitrogen and oxygen atoms in total. The number of carbonyl (C=O) groups excluding carboxylic acids is 2. The minimum Gasteiger partial charge on any atom is -0.454 e. The van der Waals surface area contributed by atoms with Gasteiger partial charge < -0.3 is 14.4 Å². The fourth-order valence-electron chi connectivity index (χ4n) is 4.22. The third-order valence-corrected chi connectivity index (χ3v) is 6.74. The van der Waals surface area contributed by atoms with E-state index in [0.717, 1.165) is 22.5 Å². The van der Waals surface area contributed by atoms with Crippen molar-refractivity contribution >= 4 is 34.0 Å². The van der Waals surface area contributed by atoms with E-state index in [1.807, 2.05) is 23.6 Å². The second-order valence-corrected chi connectivity index (χ2v) is 8.95. The van der Waals surface area contributed by atoms with Gasteiger partial charge in [-0.15, -0.1) is 11.3 Å². The van der Waals surface area contributed by atoms with Crippen LogP contribution in [0.25, 0.3) is 11.3 Å². The van der Waals surface area contributed by atoms with Crippen LogP contribution in [0, 0.1) is 5.82 Å². The maximum Gasteiger partial charge on any atom is 0.261 e. The summed E-state index contributed by atoms with van der Waals surface area (Å²) in [6.07, 6.45) is 0.668. The summed E-state index contributed by atoms with van der Waals surface area (Å²) in [4.78, 5) is 31.7. The summed E-state index contributed by atoms with van der Waals surface area (Å²) in [5.74, 6) is -0.0143. The molecule has 6 rings (SSSR count). The highest BCUT2D eigenvalue weighted by atomic mass is 32.1. The first-order chi connectivity index (χ1) is 17.1. The van der Waals surface area contributed by atoms with Crippen LogP contribution < -0.4 is 19.7 Å². The van der Waals surface area contributed by atoms with Gasteiger partial charge in [0.1, 0.15) is 5.82 Å². The van der Waals surface area contributed by atoms with Crippen LogP contribution in [0.15, 0.2) is 66.0 Å². The summed E-state index contributed by atoms with van der Waals surface area (Å²) in [5.41, 5.74) is 3.87. The minimum atomic E-state index is -0.527. The third-order valence-electron chi connectivity index (χ3n) is 5.98. The van der Waals surface area contributed by atoms with Gasteiger partial charge in [0.05, 0.1) is 11.3 Å². The Hall–Kier alpha value is -4.24. The monoisotopic (exact) mass is 487 g/mol. The lowest BCUT2D eigenvalue weighted by Gasteiger charge is -2.18. The number of fused-ring (bicyclic) bond motifs is 2. The number of thiazole rings is 1. The van der Waals surface area contributed by atoms with Gasteiger partial charge in [0.25, 0.3) is 11.8 Å². The Bertz CT molecular complexity index is 1490. The Labute approximate surface area is 203 Å². The van der Waals surface area contributed by atoms with E-state index in [9.17, 15) is 14.0 Å². The van der Waals surface area contributed by atoms with Crippen LogP contribution >= 0.6 is 11.3 Å². The van der Waals surface area contributed by atoms with Gasteiger partial charge in [0.15, 0.2) is 16.6 Å². The third kappa shape index (κ3) is 3.89. The van der Waals surface area contributed by atoms with E-state index in [4.69, 9.17) is 9.47 Å². The van der Waals surface area contributed by atoms with Crippen LogP contribution in [0.3, 0.4) is 0 Å². The van der Waals surface area contributed by atoms with Gasteiger partial charge >= 0.3 is 0 Å². The molecule has 2 aliphatic heterocycles. The highest BCUT2D eigenvalue weighted by Crippen LogP contribution is 2.35. The Morgan fingerprint density at radius 2 is 1.89 bits per heavy atom. The molecule has 0 saturated heterocycles. The van der Waals surface area contributed by atoms with E-state index in [-0.39, 0.29) is 24.2 Å². The number of amides is 2. The smallest absolute Gasteiger partial charge is 0.261 e. The largest absolute Gasteiger partial charge is 0.454 e. The lowest BCUT2D eigenvalue weighted by atomic mass is 10.1. The molecule has 2 amide bonds. The molecule has 1 aromatic heterocycles. The van der Waals surface area contributed by atoms with E-state index in [2.05, 4.69) is 10.3 Å². The molecule has 0 bridgehead atoms. The number of hydrogen-bond donors (Lipinski definition) is 1. The highest BCUT2D eigenvalue weighted by molar-refractivity contribution is 7.14. The van der Waals surface area contributed by atoms with Gasteiger partial charge in [-0.25, -0.2) is 9.37 Å². The number of rotatable bonds is 4. The number of nitrogens with one attached hydrogen (secondary N) is 1. The van der Waals surface area contributed by atoms with Crippen molar-refractivity contribution in [3.05, 3.63) is 88.6 Å². The summed E-state index contributed by atoms with van der Waals surface area (Å²) < 4.78 is 24.7. The molecule has 9 heteroatoms. The predicted octanol–water partition coefficient (Wildman–Crippen LogP) is 5.13. The van der Waals surface area contributed by atoms with Crippen LogP contribution in [0.4, 0.5) is 15.2 Å². The number of ether oxygens (including phenoxy) is 2. The maximum atomic E-state index is 14.1. The molecule has 1 N–H and O–H groups in total. The number of aromatic nitrogens is 1. The number of carbonyl (C=O) groups is 2. The zero-order valence-corrected chi connectivity index (χ0v) is 19.1. The molecule has 3 heterocycles. The summed E-state index contributed by atoms with van der Waals surface area (Å²) in [7, 11) is 0. The average molecular weight is 488 g/mol. The highest BCUT2D eigenvalue weighted by Gasteiger charge is 2.27. The zero-order chi connectivity index (χ0) is 23.9. The van der Waals surface area contributed by atoms with Crippen molar-refractivity contribution in [1.82, 2.24) is 4.98 Å². The number of nitrogens with zero attached hydrogens (tertiary/aromatic N) is 2. The fourth-order valence-corrected chi connectivity index (χ4v) is 4.94. The van der Waals surface area contributed by atoms with Gasteiger partial charge in [-0.2, -0.15) is 0 Å². The van der Waals surface area contributed by atoms with E-state index < -0.39 is 5.82 Å². The molecule has 0 fully saturated rings. The van der Waals surface area contributed by atoms with Crippen molar-refractivity contribution < 1.29 is 23.5 Å². The van der Waals surface area contributed by atoms with E-state index in [1.165, 1.54) is 23.5 Å². The van der Waals surface area contributed by atoms with Gasteiger partial charge in [-0.05, 0) is 54.4 Å². The first-order valence-corrected chi connectivity index (χ1v) is 11.8. The van der Waals surface area contributed by atoms with Crippen LogP contribution in [0.2, 0.25) is 0 Å². The van der Waals surface area contributed by atoms with Gasteiger partial charge in [0, 0.05) is 28.7 Å². The lowest BCUT2D eigenvalue weighted by molar-refractivity contribution is 0.0984. The van der Waals surface area contributed by atoms with Crippen molar-refractivity contribution in [2.75, 3.05) is 23.6 Å². The first-order valence-electron chi connectivity index (χ1n) is 10.9. The zero-order valence-electron chi connectivity index (χ0n) is 18.3. The second-order valence-electron chi connectivity index (χ2n) is 8.09. The molecule has 0 atom stereocenters. The topological polar surface area (TPSA) is 80.8 Å². The molecule has 3 aromatic carbocycles. The van der Waals surface area contributed by atoms with Crippen molar-refractivity contribution in [2.24, 2.45) is 0 Å². The van der Waals surface area contributed by atoms with Gasteiger partial charge in [-0.3, -0.25) is 14.9 Å². The molecule has 0 spiro atoms. The molecular formula is C26H18FN3O4S. The second kappa shape index (κ2) is 8.52.